The van der Waals surface area contributed by atoms with Gasteiger partial charge in [0.25, 0.3) is 0 Å². The zero-order valence-electron chi connectivity index (χ0n) is 6.52. The van der Waals surface area contributed by atoms with Gasteiger partial charge in [-0.25, -0.2) is 0 Å². The molecular weight excluding hydrogens is 186 g/mol. The summed E-state index contributed by atoms with van der Waals surface area (Å²) in [5.74, 6) is 0.459. The molecule has 0 rings (SSSR count). The Bertz CT molecular complexity index is 200. The van der Waals surface area contributed by atoms with E-state index in [9.17, 15) is 8.42 Å². The van der Waals surface area contributed by atoms with E-state index in [4.69, 9.17) is 10.3 Å². The van der Waals surface area contributed by atoms with Crippen molar-refractivity contribution in [2.45, 2.75) is 19.9 Å². The molecule has 0 fully saturated rings. The summed E-state index contributed by atoms with van der Waals surface area (Å²) in [4.78, 5) is 0. The van der Waals surface area contributed by atoms with Crippen LogP contribution in [0.2, 0.25) is 0 Å². The van der Waals surface area contributed by atoms with Crippen molar-refractivity contribution in [1.29, 1.82) is 0 Å². The highest BCUT2D eigenvalue weighted by Crippen LogP contribution is 2.13. The van der Waals surface area contributed by atoms with Crippen LogP contribution >= 0.6 is 10.8 Å². The van der Waals surface area contributed by atoms with E-state index in [1.807, 2.05) is 13.8 Å². The Labute approximate surface area is 70.7 Å². The minimum Gasteiger partial charge on any atom is -0.327 e. The van der Waals surface area contributed by atoms with Crippen LogP contribution in [-0.4, -0.2) is 24.8 Å². The highest BCUT2D eigenvalue weighted by atomic mass is 33.1. The van der Waals surface area contributed by atoms with Crippen LogP contribution in [-0.2, 0) is 9.15 Å². The molecule has 0 aromatic rings. The first-order valence-electron chi connectivity index (χ1n) is 3.20. The van der Waals surface area contributed by atoms with Gasteiger partial charge in [-0.05, 0) is 16.7 Å². The molecular formula is C5H13NO3S2. The van der Waals surface area contributed by atoms with Crippen LogP contribution in [0.4, 0.5) is 0 Å². The molecule has 0 aliphatic rings. The molecule has 0 bridgehead atoms. The lowest BCUT2D eigenvalue weighted by atomic mass is 10.1. The summed E-state index contributed by atoms with van der Waals surface area (Å²) in [6.45, 7) is 3.80. The van der Waals surface area contributed by atoms with Crippen LogP contribution in [0.3, 0.4) is 0 Å². The van der Waals surface area contributed by atoms with E-state index < -0.39 is 9.15 Å². The first kappa shape index (κ1) is 11.2. The fourth-order valence-corrected chi connectivity index (χ4v) is 2.06. The van der Waals surface area contributed by atoms with Gasteiger partial charge in [-0.15, -0.1) is 0 Å². The SMILES string of the molecule is CC(C)[C@H](N)CSS(=O)(=O)O. The maximum Gasteiger partial charge on any atom is 0.319 e. The standard InChI is InChI=1S/C5H13NO3S2/c1-4(2)5(6)3-10-11(7,8)9/h4-5H,3,6H2,1-2H3,(H,7,8,9)/t5-/m1/s1. The molecule has 0 aromatic heterocycles. The zero-order valence-corrected chi connectivity index (χ0v) is 8.15. The van der Waals surface area contributed by atoms with Crippen LogP contribution in [0.15, 0.2) is 0 Å². The molecule has 0 heterocycles. The van der Waals surface area contributed by atoms with Gasteiger partial charge in [0.15, 0.2) is 0 Å². The van der Waals surface area contributed by atoms with Crippen molar-refractivity contribution >= 4 is 19.9 Å². The third-order valence-electron chi connectivity index (χ3n) is 1.27. The largest absolute Gasteiger partial charge is 0.327 e. The predicted octanol–water partition coefficient (Wildman–Crippen LogP) is 0.506. The second-order valence-corrected chi connectivity index (χ2v) is 6.02. The minimum atomic E-state index is -3.92. The molecule has 0 unspecified atom stereocenters. The van der Waals surface area contributed by atoms with Crippen molar-refractivity contribution in [3.05, 3.63) is 0 Å². The fraction of sp³-hybridized carbons (Fsp3) is 1.00. The van der Waals surface area contributed by atoms with Crippen molar-refractivity contribution in [1.82, 2.24) is 0 Å². The van der Waals surface area contributed by atoms with Gasteiger partial charge in [0.1, 0.15) is 0 Å². The quantitative estimate of drug-likeness (QED) is 0.509. The molecule has 4 nitrogen and oxygen atoms in total. The average molecular weight is 199 g/mol. The molecule has 11 heavy (non-hydrogen) atoms. The second kappa shape index (κ2) is 4.30. The highest BCUT2D eigenvalue weighted by molar-refractivity contribution is 8.69. The smallest absolute Gasteiger partial charge is 0.319 e. The Balaban J connectivity index is 3.72. The topological polar surface area (TPSA) is 80.4 Å². The summed E-state index contributed by atoms with van der Waals surface area (Å²) in [7, 11) is -3.44. The molecule has 0 radical (unpaired) electrons. The number of hydrogen-bond acceptors (Lipinski definition) is 4. The normalized spacial score (nSPS) is 15.4. The monoisotopic (exact) mass is 199 g/mol. The third kappa shape index (κ3) is 6.61. The van der Waals surface area contributed by atoms with Gasteiger partial charge in [-0.2, -0.15) is 8.42 Å². The number of nitrogens with two attached hydrogens (primary N) is 1. The average Bonchev–Trinajstić information content (AvgIpc) is 1.80. The summed E-state index contributed by atoms with van der Waals surface area (Å²) in [5.41, 5.74) is 5.53. The molecule has 0 aliphatic heterocycles. The Morgan fingerprint density at radius 2 is 2.00 bits per heavy atom. The first-order chi connectivity index (χ1) is 4.83. The summed E-state index contributed by atoms with van der Waals surface area (Å²) < 4.78 is 28.8. The van der Waals surface area contributed by atoms with E-state index in [0.29, 0.717) is 10.8 Å². The van der Waals surface area contributed by atoms with Gasteiger partial charge in [0.05, 0.1) is 0 Å². The maximum absolute atomic E-state index is 10.2. The summed E-state index contributed by atoms with van der Waals surface area (Å²) >= 11 is 0. The summed E-state index contributed by atoms with van der Waals surface area (Å²) in [6, 6.07) is -0.193. The van der Waals surface area contributed by atoms with E-state index in [0.717, 1.165) is 0 Å². The van der Waals surface area contributed by atoms with Gasteiger partial charge in [0, 0.05) is 11.8 Å². The van der Waals surface area contributed by atoms with Crippen LogP contribution in [0.25, 0.3) is 0 Å². The van der Waals surface area contributed by atoms with Gasteiger partial charge >= 0.3 is 9.15 Å². The Morgan fingerprint density at radius 3 is 2.27 bits per heavy atom. The van der Waals surface area contributed by atoms with Gasteiger partial charge in [-0.3, -0.25) is 4.55 Å². The third-order valence-corrected chi connectivity index (χ3v) is 3.39. The van der Waals surface area contributed by atoms with Crippen LogP contribution in [0.1, 0.15) is 13.8 Å². The second-order valence-electron chi connectivity index (χ2n) is 2.62. The zero-order chi connectivity index (χ0) is 9.07. The van der Waals surface area contributed by atoms with Gasteiger partial charge in [0.2, 0.25) is 0 Å². The lowest BCUT2D eigenvalue weighted by Gasteiger charge is -2.12. The van der Waals surface area contributed by atoms with E-state index in [2.05, 4.69) is 0 Å². The van der Waals surface area contributed by atoms with E-state index >= 15 is 0 Å². The van der Waals surface area contributed by atoms with Crippen molar-refractivity contribution < 1.29 is 13.0 Å². The number of hydrogen-bond donors (Lipinski definition) is 2. The van der Waals surface area contributed by atoms with Crippen molar-refractivity contribution in [2.75, 3.05) is 5.75 Å². The van der Waals surface area contributed by atoms with Gasteiger partial charge in [-0.1, -0.05) is 13.8 Å². The lowest BCUT2D eigenvalue weighted by Crippen LogP contribution is -2.29. The van der Waals surface area contributed by atoms with Crippen LogP contribution < -0.4 is 5.73 Å². The first-order valence-corrected chi connectivity index (χ1v) is 6.14. The van der Waals surface area contributed by atoms with Crippen molar-refractivity contribution in [3.63, 3.8) is 0 Å². The molecule has 1 atom stereocenters. The Morgan fingerprint density at radius 1 is 1.55 bits per heavy atom. The summed E-state index contributed by atoms with van der Waals surface area (Å²) in [5, 5.41) is 0. The molecule has 68 valence electrons. The Hall–Kier alpha value is 0.220. The molecule has 0 aliphatic carbocycles. The highest BCUT2D eigenvalue weighted by Gasteiger charge is 2.12. The molecule has 0 amide bonds. The minimum absolute atomic E-state index is 0.193. The number of rotatable bonds is 4. The van der Waals surface area contributed by atoms with Crippen LogP contribution in [0, 0.1) is 5.92 Å². The molecule has 0 aromatic carbocycles. The molecule has 0 saturated heterocycles. The molecule has 0 spiro atoms. The predicted molar refractivity (Wildman–Crippen MR) is 46.8 cm³/mol. The fourth-order valence-electron chi connectivity index (χ4n) is 0.357. The summed E-state index contributed by atoms with van der Waals surface area (Å²) in [6.07, 6.45) is 0. The van der Waals surface area contributed by atoms with Crippen molar-refractivity contribution in [2.24, 2.45) is 11.7 Å². The van der Waals surface area contributed by atoms with E-state index in [-0.39, 0.29) is 17.7 Å². The molecule has 3 N–H and O–H groups in total. The Kier molecular flexibility index (Phi) is 4.38. The van der Waals surface area contributed by atoms with E-state index in [1.54, 1.807) is 0 Å². The van der Waals surface area contributed by atoms with E-state index in [1.165, 1.54) is 0 Å². The van der Waals surface area contributed by atoms with Crippen molar-refractivity contribution in [3.8, 4) is 0 Å². The molecule has 0 saturated carbocycles. The lowest BCUT2D eigenvalue weighted by molar-refractivity contribution is 0.501. The molecule has 6 heteroatoms. The van der Waals surface area contributed by atoms with Gasteiger partial charge < -0.3 is 5.73 Å². The maximum atomic E-state index is 10.2. The van der Waals surface area contributed by atoms with Crippen LogP contribution in [0.5, 0.6) is 0 Å².